The number of carbonyl (C=O) groups is 1. The SMILES string of the molecule is Cc1ccc(-c2ccc(C(=O)NCC/C3=C/C/C=C(/CN4CCCC4)C=CC3)cc2)cc1. The molecule has 2 aliphatic rings. The average molecular weight is 427 g/mol. The van der Waals surface area contributed by atoms with E-state index in [0.717, 1.165) is 31.4 Å². The van der Waals surface area contributed by atoms with Gasteiger partial charge in [0.1, 0.15) is 0 Å². The number of benzene rings is 2. The van der Waals surface area contributed by atoms with Crippen LogP contribution in [-0.4, -0.2) is 37.0 Å². The van der Waals surface area contributed by atoms with E-state index in [0.29, 0.717) is 12.1 Å². The molecule has 3 heteroatoms. The van der Waals surface area contributed by atoms with E-state index in [1.165, 1.54) is 48.2 Å². The van der Waals surface area contributed by atoms with E-state index in [4.69, 9.17) is 0 Å². The summed E-state index contributed by atoms with van der Waals surface area (Å²) in [7, 11) is 0. The van der Waals surface area contributed by atoms with Crippen molar-refractivity contribution in [2.45, 2.75) is 39.0 Å². The number of nitrogens with one attached hydrogen (secondary N) is 1. The molecule has 1 aliphatic carbocycles. The molecule has 1 fully saturated rings. The summed E-state index contributed by atoms with van der Waals surface area (Å²) in [6.45, 7) is 6.31. The Morgan fingerprint density at radius 1 is 0.938 bits per heavy atom. The summed E-state index contributed by atoms with van der Waals surface area (Å²) in [5.74, 6) is -0.00441. The second-order valence-corrected chi connectivity index (χ2v) is 8.92. The van der Waals surface area contributed by atoms with E-state index in [-0.39, 0.29) is 5.91 Å². The lowest BCUT2D eigenvalue weighted by molar-refractivity contribution is 0.0954. The molecular formula is C29H34N2O. The Morgan fingerprint density at radius 3 is 2.34 bits per heavy atom. The van der Waals surface area contributed by atoms with Crippen LogP contribution in [0.1, 0.15) is 48.0 Å². The molecule has 0 bridgehead atoms. The van der Waals surface area contributed by atoms with Crippen molar-refractivity contribution in [3.8, 4) is 11.1 Å². The van der Waals surface area contributed by atoms with Gasteiger partial charge >= 0.3 is 0 Å². The minimum absolute atomic E-state index is 0.00441. The van der Waals surface area contributed by atoms with E-state index in [9.17, 15) is 4.79 Å². The number of nitrogens with zero attached hydrogens (tertiary/aromatic N) is 1. The van der Waals surface area contributed by atoms with Gasteiger partial charge in [0.05, 0.1) is 0 Å². The fourth-order valence-corrected chi connectivity index (χ4v) is 4.41. The van der Waals surface area contributed by atoms with Crippen molar-refractivity contribution in [1.29, 1.82) is 0 Å². The van der Waals surface area contributed by atoms with Crippen LogP contribution >= 0.6 is 0 Å². The number of hydrogen-bond acceptors (Lipinski definition) is 2. The van der Waals surface area contributed by atoms with Crippen LogP contribution in [0.15, 0.2) is 84.0 Å². The van der Waals surface area contributed by atoms with Crippen molar-refractivity contribution in [2.24, 2.45) is 0 Å². The van der Waals surface area contributed by atoms with Gasteiger partial charge in [-0.15, -0.1) is 0 Å². The van der Waals surface area contributed by atoms with Gasteiger partial charge in [0.2, 0.25) is 0 Å². The third-order valence-electron chi connectivity index (χ3n) is 6.37. The van der Waals surface area contributed by atoms with E-state index < -0.39 is 0 Å². The molecule has 0 spiro atoms. The van der Waals surface area contributed by atoms with Crippen LogP contribution in [0.3, 0.4) is 0 Å². The van der Waals surface area contributed by atoms with Crippen LogP contribution < -0.4 is 5.32 Å². The lowest BCUT2D eigenvalue weighted by Crippen LogP contribution is -2.24. The number of likely N-dealkylation sites (tertiary alicyclic amines) is 1. The molecule has 3 nitrogen and oxygen atoms in total. The number of amides is 1. The highest BCUT2D eigenvalue weighted by atomic mass is 16.1. The summed E-state index contributed by atoms with van der Waals surface area (Å²) in [4.78, 5) is 15.1. The highest BCUT2D eigenvalue weighted by Crippen LogP contribution is 2.21. The average Bonchev–Trinajstić information content (AvgIpc) is 3.30. The highest BCUT2D eigenvalue weighted by Gasteiger charge is 2.12. The summed E-state index contributed by atoms with van der Waals surface area (Å²) < 4.78 is 0. The number of carbonyl (C=O) groups excluding carboxylic acids is 1. The topological polar surface area (TPSA) is 32.3 Å². The molecule has 1 N–H and O–H groups in total. The lowest BCUT2D eigenvalue weighted by atomic mass is 10.0. The number of hydrogen-bond donors (Lipinski definition) is 1. The molecule has 1 saturated heterocycles. The van der Waals surface area contributed by atoms with Gasteiger partial charge in [-0.3, -0.25) is 9.69 Å². The zero-order valence-electron chi connectivity index (χ0n) is 19.1. The fourth-order valence-electron chi connectivity index (χ4n) is 4.41. The Morgan fingerprint density at radius 2 is 1.62 bits per heavy atom. The van der Waals surface area contributed by atoms with Crippen LogP contribution in [0.2, 0.25) is 0 Å². The van der Waals surface area contributed by atoms with Gasteiger partial charge in [-0.1, -0.05) is 71.8 Å². The molecule has 32 heavy (non-hydrogen) atoms. The van der Waals surface area contributed by atoms with E-state index >= 15 is 0 Å². The van der Waals surface area contributed by atoms with Gasteiger partial charge in [0, 0.05) is 18.7 Å². The van der Waals surface area contributed by atoms with E-state index in [2.05, 4.69) is 65.7 Å². The van der Waals surface area contributed by atoms with Crippen LogP contribution in [-0.2, 0) is 0 Å². The quantitative estimate of drug-likeness (QED) is 0.544. The van der Waals surface area contributed by atoms with Gasteiger partial charge in [-0.25, -0.2) is 0 Å². The van der Waals surface area contributed by atoms with Gasteiger partial charge < -0.3 is 5.32 Å². The molecule has 0 radical (unpaired) electrons. The summed E-state index contributed by atoms with van der Waals surface area (Å²) in [5.41, 5.74) is 7.09. The first-order chi connectivity index (χ1) is 15.7. The molecule has 0 saturated carbocycles. The Bertz CT molecular complexity index is 990. The second-order valence-electron chi connectivity index (χ2n) is 8.92. The lowest BCUT2D eigenvalue weighted by Gasteiger charge is -2.16. The largest absolute Gasteiger partial charge is 0.352 e. The maximum Gasteiger partial charge on any atom is 0.251 e. The van der Waals surface area contributed by atoms with Crippen molar-refractivity contribution >= 4 is 5.91 Å². The van der Waals surface area contributed by atoms with Gasteiger partial charge in [0.15, 0.2) is 0 Å². The predicted octanol–water partition coefficient (Wildman–Crippen LogP) is 6.08. The van der Waals surface area contributed by atoms with Crippen molar-refractivity contribution in [3.63, 3.8) is 0 Å². The number of aryl methyl sites for hydroxylation is 1. The Hall–Kier alpha value is -2.91. The molecule has 1 amide bonds. The highest BCUT2D eigenvalue weighted by molar-refractivity contribution is 5.94. The molecule has 4 rings (SSSR count). The van der Waals surface area contributed by atoms with Crippen molar-refractivity contribution < 1.29 is 4.79 Å². The minimum Gasteiger partial charge on any atom is -0.352 e. The maximum absolute atomic E-state index is 12.6. The summed E-state index contributed by atoms with van der Waals surface area (Å²) in [6, 6.07) is 16.3. The molecule has 1 heterocycles. The monoisotopic (exact) mass is 426 g/mol. The number of rotatable bonds is 7. The molecule has 2 aromatic carbocycles. The first-order valence-corrected chi connectivity index (χ1v) is 11.9. The molecule has 166 valence electrons. The smallest absolute Gasteiger partial charge is 0.251 e. The normalized spacial score (nSPS) is 20.0. The van der Waals surface area contributed by atoms with Crippen LogP contribution in [0.4, 0.5) is 0 Å². The second kappa shape index (κ2) is 11.1. The van der Waals surface area contributed by atoms with Crippen LogP contribution in [0, 0.1) is 6.92 Å². The minimum atomic E-state index is -0.00441. The first kappa shape index (κ1) is 22.3. The van der Waals surface area contributed by atoms with Gasteiger partial charge in [0.25, 0.3) is 5.91 Å². The fraction of sp³-hybridized carbons (Fsp3) is 0.345. The summed E-state index contributed by atoms with van der Waals surface area (Å²) in [6.07, 6.45) is 14.8. The zero-order valence-corrected chi connectivity index (χ0v) is 19.1. The Balaban J connectivity index is 1.24. The van der Waals surface area contributed by atoms with Crippen LogP contribution in [0.25, 0.3) is 11.1 Å². The maximum atomic E-state index is 12.6. The Kier molecular flexibility index (Phi) is 7.73. The van der Waals surface area contributed by atoms with E-state index in [1.54, 1.807) is 0 Å². The molecule has 0 unspecified atom stereocenters. The molecular weight excluding hydrogens is 392 g/mol. The summed E-state index contributed by atoms with van der Waals surface area (Å²) >= 11 is 0. The van der Waals surface area contributed by atoms with E-state index in [1.807, 2.05) is 24.3 Å². The predicted molar refractivity (Wildman–Crippen MR) is 134 cm³/mol. The zero-order chi connectivity index (χ0) is 22.2. The van der Waals surface area contributed by atoms with Crippen molar-refractivity contribution in [1.82, 2.24) is 10.2 Å². The Labute approximate surface area is 192 Å². The molecule has 1 aliphatic heterocycles. The summed E-state index contributed by atoms with van der Waals surface area (Å²) in [5, 5.41) is 3.08. The molecule has 0 aromatic heterocycles. The van der Waals surface area contributed by atoms with Crippen molar-refractivity contribution in [3.05, 3.63) is 95.1 Å². The molecule has 2 aromatic rings. The third-order valence-corrected chi connectivity index (χ3v) is 6.37. The number of allylic oxidation sites excluding steroid dienone is 3. The third kappa shape index (κ3) is 6.30. The van der Waals surface area contributed by atoms with Crippen LogP contribution in [0.5, 0.6) is 0 Å². The van der Waals surface area contributed by atoms with Crippen molar-refractivity contribution in [2.75, 3.05) is 26.2 Å². The molecule has 0 atom stereocenters. The van der Waals surface area contributed by atoms with Gasteiger partial charge in [-0.2, -0.15) is 0 Å². The standard InChI is InChI=1S/C29H34N2O/c1-23-10-12-26(13-11-23)27-14-16-28(17-15-27)29(32)30-19-18-24-6-4-8-25(9-5-7-24)22-31-20-2-3-21-31/h4,7-17H,2-3,5-6,18-22H2,1H3,(H,30,32)/b8-4?,24-7+,25-9+. The van der Waals surface area contributed by atoms with Gasteiger partial charge in [-0.05, 0) is 81.0 Å². The first-order valence-electron chi connectivity index (χ1n) is 11.9.